The highest BCUT2D eigenvalue weighted by Gasteiger charge is 2.25. The van der Waals surface area contributed by atoms with E-state index in [4.69, 9.17) is 25.0 Å². The van der Waals surface area contributed by atoms with Crippen molar-refractivity contribution in [2.75, 3.05) is 18.9 Å². The number of rotatable bonds is 7. The van der Waals surface area contributed by atoms with E-state index in [0.29, 0.717) is 23.9 Å². The number of aryl methyl sites for hydroxylation is 2. The fourth-order valence-corrected chi connectivity index (χ4v) is 5.41. The highest BCUT2D eigenvalue weighted by molar-refractivity contribution is 7.11. The predicted molar refractivity (Wildman–Crippen MR) is 146 cm³/mol. The number of ether oxygens (including phenoxy) is 3. The lowest BCUT2D eigenvalue weighted by atomic mass is 9.96. The van der Waals surface area contributed by atoms with Crippen molar-refractivity contribution in [1.29, 1.82) is 0 Å². The van der Waals surface area contributed by atoms with Crippen LogP contribution in [0.3, 0.4) is 0 Å². The fraction of sp³-hybridized carbons (Fsp3) is 0.286. The van der Waals surface area contributed by atoms with Crippen molar-refractivity contribution in [3.05, 3.63) is 76.1 Å². The Labute approximate surface area is 224 Å². The van der Waals surface area contributed by atoms with Gasteiger partial charge in [0.05, 0.1) is 21.3 Å². The first kappa shape index (κ1) is 24.3. The highest BCUT2D eigenvalue weighted by Crippen LogP contribution is 2.34. The van der Waals surface area contributed by atoms with Gasteiger partial charge in [-0.15, -0.1) is 11.3 Å². The van der Waals surface area contributed by atoms with E-state index in [1.165, 1.54) is 6.33 Å². The highest BCUT2D eigenvalue weighted by atomic mass is 32.1. The van der Waals surface area contributed by atoms with Gasteiger partial charge in [0.1, 0.15) is 41.2 Å². The van der Waals surface area contributed by atoms with Crippen molar-refractivity contribution in [1.82, 2.24) is 24.7 Å². The number of nitrogens with zero attached hydrogens (tertiary/aromatic N) is 5. The molecule has 0 spiro atoms. The van der Waals surface area contributed by atoms with E-state index < -0.39 is 0 Å². The van der Waals surface area contributed by atoms with Crippen molar-refractivity contribution in [2.24, 2.45) is 0 Å². The number of hydrogen-bond donors (Lipinski definition) is 1. The zero-order chi connectivity index (χ0) is 26.1. The Morgan fingerprint density at radius 2 is 1.79 bits per heavy atom. The first-order valence-electron chi connectivity index (χ1n) is 12.5. The third-order valence-electron chi connectivity index (χ3n) is 6.51. The summed E-state index contributed by atoms with van der Waals surface area (Å²) in [6, 6.07) is 13.6. The maximum atomic E-state index is 6.28. The molecule has 0 atom stereocenters. The lowest BCUT2D eigenvalue weighted by Gasteiger charge is -2.20. The third-order valence-corrected chi connectivity index (χ3v) is 7.40. The molecule has 3 aromatic heterocycles. The molecule has 1 saturated heterocycles. The molecule has 0 amide bonds. The Kier molecular flexibility index (Phi) is 6.65. The number of anilines is 1. The molecule has 1 aliphatic heterocycles. The van der Waals surface area contributed by atoms with Gasteiger partial charge < -0.3 is 19.9 Å². The van der Waals surface area contributed by atoms with E-state index in [1.807, 2.05) is 67.2 Å². The minimum Gasteiger partial charge on any atom is -0.488 e. The molecule has 0 bridgehead atoms. The molecule has 4 heterocycles. The van der Waals surface area contributed by atoms with Gasteiger partial charge in [-0.2, -0.15) is 5.10 Å². The van der Waals surface area contributed by atoms with Crippen molar-refractivity contribution in [2.45, 2.75) is 39.2 Å². The van der Waals surface area contributed by atoms with Gasteiger partial charge >= 0.3 is 0 Å². The predicted octanol–water partition coefficient (Wildman–Crippen LogP) is 5.74. The second-order valence-electron chi connectivity index (χ2n) is 9.35. The molecule has 38 heavy (non-hydrogen) atoms. The molecule has 0 aliphatic carbocycles. The van der Waals surface area contributed by atoms with Crippen LogP contribution in [-0.4, -0.2) is 37.9 Å². The van der Waals surface area contributed by atoms with Crippen LogP contribution in [0.4, 0.5) is 5.82 Å². The van der Waals surface area contributed by atoms with E-state index in [1.54, 1.807) is 11.3 Å². The van der Waals surface area contributed by atoms with Crippen LogP contribution in [0.5, 0.6) is 17.2 Å². The Hall–Kier alpha value is -4.02. The number of fused-ring (bicyclic) bond motifs is 1. The summed E-state index contributed by atoms with van der Waals surface area (Å²) >= 11 is 1.63. The summed E-state index contributed by atoms with van der Waals surface area (Å²) in [7, 11) is 0. The largest absolute Gasteiger partial charge is 0.488 e. The maximum absolute atomic E-state index is 6.28. The Morgan fingerprint density at radius 3 is 2.55 bits per heavy atom. The first-order valence-corrected chi connectivity index (χ1v) is 13.4. The number of benzene rings is 2. The Balaban J connectivity index is 1.23. The molecule has 194 valence electrons. The van der Waals surface area contributed by atoms with E-state index in [0.717, 1.165) is 69.7 Å². The lowest BCUT2D eigenvalue weighted by Crippen LogP contribution is -2.15. The van der Waals surface area contributed by atoms with Crippen LogP contribution in [0.1, 0.15) is 39.9 Å². The summed E-state index contributed by atoms with van der Waals surface area (Å²) in [5.41, 5.74) is 10.7. The molecule has 0 saturated carbocycles. The van der Waals surface area contributed by atoms with Crippen molar-refractivity contribution >= 4 is 28.2 Å². The molecule has 2 aromatic carbocycles. The SMILES string of the molecule is Cc1cc(OCc2cnc(C)s2)cc(Oc2ccc(-n3nc(C4CCOCC4)c4ncnc(N)c43)cc2)c1. The summed E-state index contributed by atoms with van der Waals surface area (Å²) in [5, 5.41) is 5.97. The number of nitrogens with two attached hydrogens (primary N) is 1. The van der Waals surface area contributed by atoms with Crippen molar-refractivity contribution < 1.29 is 14.2 Å². The number of thiazole rings is 1. The molecule has 0 unspecified atom stereocenters. The minimum atomic E-state index is 0.280. The van der Waals surface area contributed by atoms with E-state index in [-0.39, 0.29) is 5.92 Å². The lowest BCUT2D eigenvalue weighted by molar-refractivity contribution is 0.0846. The summed E-state index contributed by atoms with van der Waals surface area (Å²) in [4.78, 5) is 14.1. The summed E-state index contributed by atoms with van der Waals surface area (Å²) < 4.78 is 19.5. The van der Waals surface area contributed by atoms with Gasteiger partial charge in [-0.05, 0) is 68.7 Å². The zero-order valence-corrected chi connectivity index (χ0v) is 22.1. The van der Waals surface area contributed by atoms with Crippen LogP contribution in [0, 0.1) is 13.8 Å². The number of hydrogen-bond acceptors (Lipinski definition) is 9. The number of aromatic nitrogens is 5. The number of nitrogen functional groups attached to an aromatic ring is 1. The summed E-state index contributed by atoms with van der Waals surface area (Å²) in [6.07, 6.45) is 5.18. The van der Waals surface area contributed by atoms with Crippen LogP contribution < -0.4 is 15.2 Å². The molecule has 5 aromatic rings. The molecule has 10 heteroatoms. The van der Waals surface area contributed by atoms with Crippen LogP contribution >= 0.6 is 11.3 Å². The minimum absolute atomic E-state index is 0.280. The fourth-order valence-electron chi connectivity index (χ4n) is 4.70. The van der Waals surface area contributed by atoms with E-state index >= 15 is 0 Å². The molecule has 6 rings (SSSR count). The monoisotopic (exact) mass is 528 g/mol. The Morgan fingerprint density at radius 1 is 1.00 bits per heavy atom. The van der Waals surface area contributed by atoms with E-state index in [2.05, 4.69) is 15.0 Å². The van der Waals surface area contributed by atoms with Crippen LogP contribution in [0.15, 0.2) is 55.0 Å². The topological polar surface area (TPSA) is 110 Å². The smallest absolute Gasteiger partial charge is 0.153 e. The Bertz CT molecular complexity index is 1570. The van der Waals surface area contributed by atoms with Gasteiger partial charge in [0.15, 0.2) is 5.82 Å². The van der Waals surface area contributed by atoms with Crippen LogP contribution in [0.2, 0.25) is 0 Å². The second-order valence-corrected chi connectivity index (χ2v) is 10.7. The zero-order valence-electron chi connectivity index (χ0n) is 21.3. The summed E-state index contributed by atoms with van der Waals surface area (Å²) in [5.74, 6) is 2.84. The quantitative estimate of drug-likeness (QED) is 0.285. The molecule has 9 nitrogen and oxygen atoms in total. The molecule has 2 N–H and O–H groups in total. The van der Waals surface area contributed by atoms with Gasteiger partial charge in [-0.3, -0.25) is 0 Å². The van der Waals surface area contributed by atoms with Gasteiger partial charge in [0, 0.05) is 31.4 Å². The van der Waals surface area contributed by atoms with Crippen LogP contribution in [-0.2, 0) is 11.3 Å². The van der Waals surface area contributed by atoms with E-state index in [9.17, 15) is 0 Å². The third kappa shape index (κ3) is 5.05. The summed E-state index contributed by atoms with van der Waals surface area (Å²) in [6.45, 7) is 5.93. The van der Waals surface area contributed by atoms with Crippen molar-refractivity contribution in [3.8, 4) is 22.9 Å². The molecule has 0 radical (unpaired) electrons. The standard InChI is InChI=1S/C28H28N6O3S/c1-17-11-22(36-15-24-14-30-18(2)38-24)13-23(12-17)37-21-5-3-20(4-6-21)34-27-26(31-16-32-28(27)29)25(33-34)19-7-9-35-10-8-19/h3-6,11-14,16,19H,7-10,15H2,1-2H3,(H2,29,31,32). The molecular formula is C28H28N6O3S. The molecular weight excluding hydrogens is 500 g/mol. The van der Waals surface area contributed by atoms with Gasteiger partial charge in [0.25, 0.3) is 0 Å². The van der Waals surface area contributed by atoms with Gasteiger partial charge in [-0.1, -0.05) is 0 Å². The molecule has 1 aliphatic rings. The maximum Gasteiger partial charge on any atom is 0.153 e. The average molecular weight is 529 g/mol. The molecule has 1 fully saturated rings. The second kappa shape index (κ2) is 10.4. The van der Waals surface area contributed by atoms with Crippen molar-refractivity contribution in [3.63, 3.8) is 0 Å². The average Bonchev–Trinajstić information content (AvgIpc) is 3.52. The first-order chi connectivity index (χ1) is 18.5. The van der Waals surface area contributed by atoms with Gasteiger partial charge in [0.2, 0.25) is 0 Å². The van der Waals surface area contributed by atoms with Gasteiger partial charge in [-0.25, -0.2) is 19.6 Å². The normalized spacial score (nSPS) is 14.2. The van der Waals surface area contributed by atoms with Crippen LogP contribution in [0.25, 0.3) is 16.7 Å².